The predicted octanol–water partition coefficient (Wildman–Crippen LogP) is 2.96. The molecule has 1 aliphatic rings. The number of hydrogen-bond acceptors (Lipinski definition) is 2. The van der Waals surface area contributed by atoms with Crippen molar-refractivity contribution in [3.63, 3.8) is 0 Å². The van der Waals surface area contributed by atoms with Crippen LogP contribution in [0.15, 0.2) is 24.3 Å². The Labute approximate surface area is 128 Å². The predicted molar refractivity (Wildman–Crippen MR) is 87.4 cm³/mol. The van der Waals surface area contributed by atoms with Crippen molar-refractivity contribution in [2.24, 2.45) is 0 Å². The van der Waals surface area contributed by atoms with Crippen LogP contribution in [0.3, 0.4) is 0 Å². The lowest BCUT2D eigenvalue weighted by molar-refractivity contribution is -0.121. The number of amides is 1. The number of nitrogens with one attached hydrogen (secondary N) is 2. The van der Waals surface area contributed by atoms with Gasteiger partial charge in [-0.25, -0.2) is 0 Å². The first-order valence-corrected chi connectivity index (χ1v) is 8.22. The summed E-state index contributed by atoms with van der Waals surface area (Å²) < 4.78 is 0. The largest absolute Gasteiger partial charge is 0.353 e. The van der Waals surface area contributed by atoms with Gasteiger partial charge in [0, 0.05) is 18.5 Å². The van der Waals surface area contributed by atoms with E-state index in [0.717, 1.165) is 19.4 Å². The maximum atomic E-state index is 12.0. The summed E-state index contributed by atoms with van der Waals surface area (Å²) in [6, 6.07) is 9.11. The average Bonchev–Trinajstić information content (AvgIpc) is 2.48. The molecule has 3 nitrogen and oxygen atoms in total. The SMILES string of the molecule is Cc1ccccc1CC(C)NC(=O)CCC1CCCCN1. The van der Waals surface area contributed by atoms with Gasteiger partial charge in [0.2, 0.25) is 5.91 Å². The molecule has 0 aromatic heterocycles. The molecule has 1 amide bonds. The molecule has 0 radical (unpaired) electrons. The summed E-state index contributed by atoms with van der Waals surface area (Å²) in [5, 5.41) is 6.62. The van der Waals surface area contributed by atoms with Crippen LogP contribution >= 0.6 is 0 Å². The highest BCUT2D eigenvalue weighted by molar-refractivity contribution is 5.76. The van der Waals surface area contributed by atoms with Crippen molar-refractivity contribution in [3.8, 4) is 0 Å². The Morgan fingerprint density at radius 2 is 2.19 bits per heavy atom. The molecule has 1 aromatic rings. The van der Waals surface area contributed by atoms with Crippen LogP contribution in [0, 0.1) is 6.92 Å². The first-order valence-electron chi connectivity index (χ1n) is 8.22. The van der Waals surface area contributed by atoms with Gasteiger partial charge in [0.05, 0.1) is 0 Å². The van der Waals surface area contributed by atoms with Gasteiger partial charge in [0.1, 0.15) is 0 Å². The average molecular weight is 288 g/mol. The van der Waals surface area contributed by atoms with Crippen LogP contribution < -0.4 is 10.6 Å². The maximum absolute atomic E-state index is 12.0. The van der Waals surface area contributed by atoms with Crippen LogP contribution in [0.25, 0.3) is 0 Å². The second-order valence-corrected chi connectivity index (χ2v) is 6.28. The molecule has 1 heterocycles. The van der Waals surface area contributed by atoms with E-state index < -0.39 is 0 Å². The Bertz CT molecular complexity index is 452. The number of hydrogen-bond donors (Lipinski definition) is 2. The summed E-state index contributed by atoms with van der Waals surface area (Å²) >= 11 is 0. The number of carbonyl (C=O) groups excluding carboxylic acids is 1. The minimum atomic E-state index is 0.184. The summed E-state index contributed by atoms with van der Waals surface area (Å²) in [5.41, 5.74) is 2.62. The van der Waals surface area contributed by atoms with Gasteiger partial charge in [-0.15, -0.1) is 0 Å². The van der Waals surface area contributed by atoms with Crippen LogP contribution in [0.2, 0.25) is 0 Å². The third-order valence-electron chi connectivity index (χ3n) is 4.33. The van der Waals surface area contributed by atoms with Gasteiger partial charge >= 0.3 is 0 Å². The number of aryl methyl sites for hydroxylation is 1. The summed E-state index contributed by atoms with van der Waals surface area (Å²) in [5.74, 6) is 0.184. The molecule has 0 spiro atoms. The molecule has 21 heavy (non-hydrogen) atoms. The van der Waals surface area contributed by atoms with E-state index in [-0.39, 0.29) is 11.9 Å². The molecule has 0 aliphatic carbocycles. The second-order valence-electron chi connectivity index (χ2n) is 6.28. The van der Waals surface area contributed by atoms with E-state index in [0.29, 0.717) is 12.5 Å². The van der Waals surface area contributed by atoms with E-state index in [1.54, 1.807) is 0 Å². The second kappa shape index (κ2) is 8.18. The van der Waals surface area contributed by atoms with Crippen molar-refractivity contribution in [1.82, 2.24) is 10.6 Å². The molecule has 0 saturated carbocycles. The third-order valence-corrected chi connectivity index (χ3v) is 4.33. The molecular formula is C18H28N2O. The maximum Gasteiger partial charge on any atom is 0.220 e. The summed E-state index contributed by atoms with van der Waals surface area (Å²) in [4.78, 5) is 12.0. The standard InChI is InChI=1S/C18H28N2O/c1-14-7-3-4-8-16(14)13-15(2)20-18(21)11-10-17-9-5-6-12-19-17/h3-4,7-8,15,17,19H,5-6,9-13H2,1-2H3,(H,20,21). The minimum absolute atomic E-state index is 0.184. The van der Waals surface area contributed by atoms with Gasteiger partial charge in [-0.3, -0.25) is 4.79 Å². The number of benzene rings is 1. The van der Waals surface area contributed by atoms with Gasteiger partial charge in [0.15, 0.2) is 0 Å². The Hall–Kier alpha value is -1.35. The molecular weight excluding hydrogens is 260 g/mol. The lowest BCUT2D eigenvalue weighted by atomic mass is 10.00. The quantitative estimate of drug-likeness (QED) is 0.845. The fourth-order valence-electron chi connectivity index (χ4n) is 3.04. The fourth-order valence-corrected chi connectivity index (χ4v) is 3.04. The third kappa shape index (κ3) is 5.50. The molecule has 0 bridgehead atoms. The van der Waals surface area contributed by atoms with Gasteiger partial charge in [0.25, 0.3) is 0 Å². The summed E-state index contributed by atoms with van der Waals surface area (Å²) in [6.07, 6.45) is 6.28. The lowest BCUT2D eigenvalue weighted by Gasteiger charge is -2.23. The smallest absolute Gasteiger partial charge is 0.220 e. The van der Waals surface area contributed by atoms with Crippen molar-refractivity contribution in [1.29, 1.82) is 0 Å². The molecule has 1 aliphatic heterocycles. The van der Waals surface area contributed by atoms with E-state index in [1.165, 1.54) is 30.4 Å². The minimum Gasteiger partial charge on any atom is -0.353 e. The molecule has 2 rings (SSSR count). The Morgan fingerprint density at radius 1 is 1.38 bits per heavy atom. The highest BCUT2D eigenvalue weighted by Crippen LogP contribution is 2.12. The normalized spacial score (nSPS) is 20.0. The van der Waals surface area contributed by atoms with Crippen molar-refractivity contribution in [2.75, 3.05) is 6.54 Å². The number of carbonyl (C=O) groups is 1. The van der Waals surface area contributed by atoms with Crippen molar-refractivity contribution < 1.29 is 4.79 Å². The molecule has 116 valence electrons. The van der Waals surface area contributed by atoms with Gasteiger partial charge in [-0.2, -0.15) is 0 Å². The highest BCUT2D eigenvalue weighted by Gasteiger charge is 2.15. The molecule has 1 aromatic carbocycles. The van der Waals surface area contributed by atoms with Gasteiger partial charge in [-0.1, -0.05) is 30.7 Å². The van der Waals surface area contributed by atoms with Crippen LogP contribution in [0.1, 0.15) is 50.2 Å². The zero-order chi connectivity index (χ0) is 15.1. The van der Waals surface area contributed by atoms with E-state index in [9.17, 15) is 4.79 Å². The monoisotopic (exact) mass is 288 g/mol. The van der Waals surface area contributed by atoms with Gasteiger partial charge < -0.3 is 10.6 Å². The lowest BCUT2D eigenvalue weighted by Crippen LogP contribution is -2.37. The Morgan fingerprint density at radius 3 is 2.90 bits per heavy atom. The van der Waals surface area contributed by atoms with Crippen LogP contribution in [0.4, 0.5) is 0 Å². The van der Waals surface area contributed by atoms with Crippen molar-refractivity contribution >= 4 is 5.91 Å². The fraction of sp³-hybridized carbons (Fsp3) is 0.611. The van der Waals surface area contributed by atoms with E-state index in [2.05, 4.69) is 48.7 Å². The van der Waals surface area contributed by atoms with Crippen LogP contribution in [0.5, 0.6) is 0 Å². The molecule has 1 fully saturated rings. The highest BCUT2D eigenvalue weighted by atomic mass is 16.1. The zero-order valence-electron chi connectivity index (χ0n) is 13.3. The number of piperidine rings is 1. The summed E-state index contributed by atoms with van der Waals surface area (Å²) in [6.45, 7) is 5.32. The van der Waals surface area contributed by atoms with E-state index in [4.69, 9.17) is 0 Å². The van der Waals surface area contributed by atoms with Crippen LogP contribution in [-0.4, -0.2) is 24.5 Å². The first kappa shape index (κ1) is 16.0. The zero-order valence-corrected chi connectivity index (χ0v) is 13.3. The van der Waals surface area contributed by atoms with Crippen LogP contribution in [-0.2, 0) is 11.2 Å². The number of rotatable bonds is 6. The van der Waals surface area contributed by atoms with Gasteiger partial charge in [-0.05, 0) is 57.2 Å². The molecule has 2 atom stereocenters. The van der Waals surface area contributed by atoms with Crippen molar-refractivity contribution in [3.05, 3.63) is 35.4 Å². The van der Waals surface area contributed by atoms with E-state index in [1.807, 2.05) is 0 Å². The molecule has 1 saturated heterocycles. The molecule has 3 heteroatoms. The topological polar surface area (TPSA) is 41.1 Å². The molecule has 2 unspecified atom stereocenters. The first-order chi connectivity index (χ1) is 10.1. The van der Waals surface area contributed by atoms with E-state index >= 15 is 0 Å². The molecule has 2 N–H and O–H groups in total. The van der Waals surface area contributed by atoms with Crippen molar-refractivity contribution in [2.45, 2.75) is 64.5 Å². The Kier molecular flexibility index (Phi) is 6.24. The Balaban J connectivity index is 1.70. The summed E-state index contributed by atoms with van der Waals surface area (Å²) in [7, 11) is 0.